The standard InChI is InChI=1S/C21H26N4O2/c1-16-14-18(19(15-22)21(26)23-16)17-6-3-4-7-20(17)27-13-5-8-25-11-9-24(2)10-12-25/h3-4,6-7,14H,5,8-13H2,1-2H3,(H,23,26). The van der Waals surface area contributed by atoms with Gasteiger partial charge in [-0.1, -0.05) is 18.2 Å². The second kappa shape index (κ2) is 8.85. The summed E-state index contributed by atoms with van der Waals surface area (Å²) < 4.78 is 6.02. The van der Waals surface area contributed by atoms with Crippen LogP contribution in [0.5, 0.6) is 5.75 Å². The molecular weight excluding hydrogens is 340 g/mol. The second-order valence-electron chi connectivity index (χ2n) is 7.03. The van der Waals surface area contributed by atoms with Gasteiger partial charge in [-0.05, 0) is 32.5 Å². The van der Waals surface area contributed by atoms with Crippen molar-refractivity contribution in [3.8, 4) is 22.9 Å². The topological polar surface area (TPSA) is 72.4 Å². The Kier molecular flexibility index (Phi) is 6.28. The molecule has 2 aromatic rings. The molecule has 0 spiro atoms. The molecule has 0 radical (unpaired) electrons. The number of aromatic amines is 1. The maximum absolute atomic E-state index is 12.1. The molecule has 1 aromatic carbocycles. The Hall–Kier alpha value is -2.62. The molecule has 0 aliphatic carbocycles. The van der Waals surface area contributed by atoms with Crippen molar-refractivity contribution in [3.63, 3.8) is 0 Å². The van der Waals surface area contributed by atoms with Crippen LogP contribution in [-0.4, -0.2) is 61.2 Å². The first-order chi connectivity index (χ1) is 13.1. The van der Waals surface area contributed by atoms with Crippen LogP contribution < -0.4 is 10.3 Å². The van der Waals surface area contributed by atoms with Gasteiger partial charge in [0.15, 0.2) is 0 Å². The largest absolute Gasteiger partial charge is 0.493 e. The SMILES string of the molecule is Cc1cc(-c2ccccc2OCCCN2CCN(C)CC2)c(C#N)c(=O)[nH]1. The monoisotopic (exact) mass is 366 g/mol. The van der Waals surface area contributed by atoms with Crippen LogP contribution in [0.15, 0.2) is 35.1 Å². The maximum atomic E-state index is 12.1. The minimum Gasteiger partial charge on any atom is -0.493 e. The molecule has 0 amide bonds. The zero-order chi connectivity index (χ0) is 19.2. The van der Waals surface area contributed by atoms with Crippen molar-refractivity contribution in [2.45, 2.75) is 13.3 Å². The van der Waals surface area contributed by atoms with Crippen LogP contribution in [0.2, 0.25) is 0 Å². The molecule has 6 heteroatoms. The fourth-order valence-electron chi connectivity index (χ4n) is 3.37. The van der Waals surface area contributed by atoms with Gasteiger partial charge >= 0.3 is 0 Å². The number of piperazine rings is 1. The Bertz CT molecular complexity index is 876. The summed E-state index contributed by atoms with van der Waals surface area (Å²) in [7, 11) is 2.16. The van der Waals surface area contributed by atoms with Crippen molar-refractivity contribution >= 4 is 0 Å². The number of aryl methyl sites for hydroxylation is 1. The fourth-order valence-corrected chi connectivity index (χ4v) is 3.37. The van der Waals surface area contributed by atoms with Crippen LogP contribution in [0, 0.1) is 18.3 Å². The molecule has 0 unspecified atom stereocenters. The first-order valence-corrected chi connectivity index (χ1v) is 9.35. The third kappa shape index (κ3) is 4.76. The molecule has 1 N–H and O–H groups in total. The van der Waals surface area contributed by atoms with Crippen LogP contribution in [0.1, 0.15) is 17.7 Å². The average Bonchev–Trinajstić information content (AvgIpc) is 2.66. The first kappa shape index (κ1) is 19.2. The lowest BCUT2D eigenvalue weighted by Gasteiger charge is -2.32. The summed E-state index contributed by atoms with van der Waals surface area (Å²) >= 11 is 0. The highest BCUT2D eigenvalue weighted by atomic mass is 16.5. The van der Waals surface area contributed by atoms with Crippen LogP contribution in [-0.2, 0) is 0 Å². The van der Waals surface area contributed by atoms with E-state index in [1.165, 1.54) is 0 Å². The number of hydrogen-bond acceptors (Lipinski definition) is 5. The number of nitriles is 1. The molecule has 6 nitrogen and oxygen atoms in total. The third-order valence-corrected chi connectivity index (χ3v) is 4.93. The summed E-state index contributed by atoms with van der Waals surface area (Å²) in [5, 5.41) is 9.40. The fraction of sp³-hybridized carbons (Fsp3) is 0.429. The molecule has 1 aliphatic heterocycles. The van der Waals surface area contributed by atoms with Crippen molar-refractivity contribution in [1.29, 1.82) is 5.26 Å². The van der Waals surface area contributed by atoms with Gasteiger partial charge in [0, 0.05) is 49.5 Å². The summed E-state index contributed by atoms with van der Waals surface area (Å²) in [5.41, 5.74) is 1.88. The van der Waals surface area contributed by atoms with Gasteiger partial charge in [0.05, 0.1) is 6.61 Å². The lowest BCUT2D eigenvalue weighted by Crippen LogP contribution is -2.44. The molecule has 1 aromatic heterocycles. The Labute approximate surface area is 160 Å². The van der Waals surface area contributed by atoms with E-state index in [2.05, 4.69) is 21.8 Å². The molecule has 0 atom stereocenters. The van der Waals surface area contributed by atoms with E-state index in [-0.39, 0.29) is 11.1 Å². The minimum atomic E-state index is -0.364. The summed E-state index contributed by atoms with van der Waals surface area (Å²) in [6.07, 6.45) is 0.942. The normalized spacial score (nSPS) is 15.4. The lowest BCUT2D eigenvalue weighted by molar-refractivity contribution is 0.145. The number of pyridine rings is 1. The molecular formula is C21H26N4O2. The van der Waals surface area contributed by atoms with Crippen molar-refractivity contribution < 1.29 is 4.74 Å². The number of aromatic nitrogens is 1. The van der Waals surface area contributed by atoms with Gasteiger partial charge in [-0.3, -0.25) is 4.79 Å². The zero-order valence-corrected chi connectivity index (χ0v) is 16.0. The number of benzene rings is 1. The highest BCUT2D eigenvalue weighted by Gasteiger charge is 2.15. The molecule has 3 rings (SSSR count). The number of rotatable bonds is 6. The predicted molar refractivity (Wildman–Crippen MR) is 106 cm³/mol. The first-order valence-electron chi connectivity index (χ1n) is 9.35. The quantitative estimate of drug-likeness (QED) is 0.794. The van der Waals surface area contributed by atoms with Gasteiger partial charge in [-0.2, -0.15) is 5.26 Å². The van der Waals surface area contributed by atoms with Gasteiger partial charge in [-0.15, -0.1) is 0 Å². The Balaban J connectivity index is 1.69. The van der Waals surface area contributed by atoms with Gasteiger partial charge in [-0.25, -0.2) is 0 Å². The van der Waals surface area contributed by atoms with Crippen LogP contribution in [0.4, 0.5) is 0 Å². The molecule has 0 bridgehead atoms. The van der Waals surface area contributed by atoms with E-state index >= 15 is 0 Å². The van der Waals surface area contributed by atoms with Crippen LogP contribution >= 0.6 is 0 Å². The smallest absolute Gasteiger partial charge is 0.266 e. The average molecular weight is 366 g/mol. The maximum Gasteiger partial charge on any atom is 0.266 e. The number of nitrogens with zero attached hydrogens (tertiary/aromatic N) is 3. The Morgan fingerprint density at radius 3 is 2.67 bits per heavy atom. The van der Waals surface area contributed by atoms with E-state index in [0.717, 1.165) is 50.4 Å². The summed E-state index contributed by atoms with van der Waals surface area (Å²) in [4.78, 5) is 19.6. The van der Waals surface area contributed by atoms with Crippen molar-refractivity contribution in [1.82, 2.24) is 14.8 Å². The Morgan fingerprint density at radius 2 is 1.93 bits per heavy atom. The van der Waals surface area contributed by atoms with E-state index < -0.39 is 0 Å². The molecule has 27 heavy (non-hydrogen) atoms. The molecule has 1 saturated heterocycles. The van der Waals surface area contributed by atoms with Gasteiger partial charge in [0.2, 0.25) is 0 Å². The number of hydrogen-bond donors (Lipinski definition) is 1. The minimum absolute atomic E-state index is 0.120. The highest BCUT2D eigenvalue weighted by molar-refractivity contribution is 5.75. The summed E-state index contributed by atoms with van der Waals surface area (Å²) in [5.74, 6) is 0.706. The third-order valence-electron chi connectivity index (χ3n) is 4.93. The molecule has 1 fully saturated rings. The van der Waals surface area contributed by atoms with E-state index in [0.29, 0.717) is 17.9 Å². The van der Waals surface area contributed by atoms with E-state index in [1.54, 1.807) is 0 Å². The molecule has 1 aliphatic rings. The van der Waals surface area contributed by atoms with Crippen molar-refractivity contribution in [2.75, 3.05) is 46.4 Å². The lowest BCUT2D eigenvalue weighted by atomic mass is 10.00. The second-order valence-corrected chi connectivity index (χ2v) is 7.03. The number of H-pyrrole nitrogens is 1. The summed E-state index contributed by atoms with van der Waals surface area (Å²) in [6, 6.07) is 11.4. The van der Waals surface area contributed by atoms with Gasteiger partial charge < -0.3 is 19.5 Å². The van der Waals surface area contributed by atoms with Crippen molar-refractivity contribution in [3.05, 3.63) is 51.9 Å². The van der Waals surface area contributed by atoms with E-state index in [1.807, 2.05) is 43.3 Å². The van der Waals surface area contributed by atoms with Crippen LogP contribution in [0.3, 0.4) is 0 Å². The van der Waals surface area contributed by atoms with Crippen molar-refractivity contribution in [2.24, 2.45) is 0 Å². The number of likely N-dealkylation sites (N-methyl/N-ethyl adjacent to an activating group) is 1. The highest BCUT2D eigenvalue weighted by Crippen LogP contribution is 2.31. The molecule has 0 saturated carbocycles. The number of nitrogens with one attached hydrogen (secondary N) is 1. The van der Waals surface area contributed by atoms with E-state index in [9.17, 15) is 10.1 Å². The molecule has 142 valence electrons. The number of para-hydroxylation sites is 1. The van der Waals surface area contributed by atoms with Crippen LogP contribution in [0.25, 0.3) is 11.1 Å². The zero-order valence-electron chi connectivity index (χ0n) is 16.0. The van der Waals surface area contributed by atoms with Gasteiger partial charge in [0.25, 0.3) is 5.56 Å². The van der Waals surface area contributed by atoms with E-state index in [4.69, 9.17) is 4.74 Å². The Morgan fingerprint density at radius 1 is 1.19 bits per heavy atom. The predicted octanol–water partition coefficient (Wildman–Crippen LogP) is 2.24. The van der Waals surface area contributed by atoms with Gasteiger partial charge in [0.1, 0.15) is 17.4 Å². The summed E-state index contributed by atoms with van der Waals surface area (Å²) in [6.45, 7) is 7.86. The molecule has 2 heterocycles. The number of ether oxygens (including phenoxy) is 1.